The Morgan fingerprint density at radius 1 is 1.00 bits per heavy atom. The molecule has 8 heteroatoms. The fourth-order valence-electron chi connectivity index (χ4n) is 4.35. The highest BCUT2D eigenvalue weighted by Crippen LogP contribution is 2.31. The summed E-state index contributed by atoms with van der Waals surface area (Å²) in [5.41, 5.74) is 1.71. The van der Waals surface area contributed by atoms with Gasteiger partial charge in [-0.05, 0) is 42.0 Å². The van der Waals surface area contributed by atoms with E-state index in [0.717, 1.165) is 10.4 Å². The minimum Gasteiger partial charge on any atom is -0.355 e. The van der Waals surface area contributed by atoms with Crippen molar-refractivity contribution in [1.29, 1.82) is 0 Å². The number of hydrogen-bond acceptors (Lipinski definition) is 5. The number of piperidine rings is 1. The zero-order valence-electron chi connectivity index (χ0n) is 17.3. The van der Waals surface area contributed by atoms with Crippen molar-refractivity contribution in [1.82, 2.24) is 10.2 Å². The fraction of sp³-hybridized carbons (Fsp3) is 0.250. The van der Waals surface area contributed by atoms with Gasteiger partial charge >= 0.3 is 0 Å². The number of fused-ring (bicyclic) bond motifs is 1. The molecule has 0 bridgehead atoms. The Hall–Kier alpha value is -2.97. The molecule has 2 aliphatic heterocycles. The van der Waals surface area contributed by atoms with Crippen LogP contribution in [0.4, 0.5) is 0 Å². The van der Waals surface area contributed by atoms with E-state index in [9.17, 15) is 13.2 Å². The summed E-state index contributed by atoms with van der Waals surface area (Å²) in [7, 11) is -3.64. The second kappa shape index (κ2) is 8.52. The number of sulfonamides is 1. The first-order valence-corrected chi connectivity index (χ1v) is 12.9. The molecule has 164 valence electrons. The third-order valence-corrected chi connectivity index (χ3v) is 8.29. The van der Waals surface area contributed by atoms with E-state index in [2.05, 4.69) is 9.71 Å². The molecule has 2 aliphatic rings. The van der Waals surface area contributed by atoms with Gasteiger partial charge in [0.25, 0.3) is 10.0 Å². The molecule has 5 rings (SSSR count). The van der Waals surface area contributed by atoms with Crippen molar-refractivity contribution < 1.29 is 13.2 Å². The van der Waals surface area contributed by atoms with E-state index in [1.807, 2.05) is 58.8 Å². The third kappa shape index (κ3) is 3.96. The molecule has 32 heavy (non-hydrogen) atoms. The second-order valence-corrected chi connectivity index (χ2v) is 10.6. The zero-order valence-corrected chi connectivity index (χ0v) is 19.0. The summed E-state index contributed by atoms with van der Waals surface area (Å²) >= 11 is 1.63. The number of rotatable bonds is 4. The summed E-state index contributed by atoms with van der Waals surface area (Å²) in [6.45, 7) is 1.19. The number of amidine groups is 1. The van der Waals surface area contributed by atoms with Gasteiger partial charge in [-0.3, -0.25) is 4.79 Å². The molecule has 1 fully saturated rings. The molecule has 1 N–H and O–H groups in total. The van der Waals surface area contributed by atoms with Crippen LogP contribution in [0.15, 0.2) is 81.4 Å². The predicted octanol–water partition coefficient (Wildman–Crippen LogP) is 3.81. The van der Waals surface area contributed by atoms with E-state index >= 15 is 0 Å². The average Bonchev–Trinajstić information content (AvgIpc) is 3.45. The summed E-state index contributed by atoms with van der Waals surface area (Å²) in [6, 6.07) is 20.8. The molecule has 0 radical (unpaired) electrons. The Balaban J connectivity index is 1.28. The number of hydrogen-bond donors (Lipinski definition) is 1. The highest BCUT2D eigenvalue weighted by atomic mass is 32.2. The Bertz CT molecular complexity index is 1250. The van der Waals surface area contributed by atoms with Gasteiger partial charge in [0, 0.05) is 29.4 Å². The maximum Gasteiger partial charge on any atom is 0.285 e. The number of nitrogens with zero attached hydrogens (tertiary/aromatic N) is 2. The van der Waals surface area contributed by atoms with E-state index in [1.165, 1.54) is 0 Å². The van der Waals surface area contributed by atoms with Crippen LogP contribution in [0, 0.1) is 5.92 Å². The summed E-state index contributed by atoms with van der Waals surface area (Å²) in [5, 5.41) is 5.26. The molecular weight excluding hydrogens is 442 g/mol. The van der Waals surface area contributed by atoms with Gasteiger partial charge in [0.1, 0.15) is 4.90 Å². The molecule has 1 aromatic heterocycles. The monoisotopic (exact) mass is 465 g/mol. The minimum absolute atomic E-state index is 0.0354. The van der Waals surface area contributed by atoms with Crippen LogP contribution in [0.5, 0.6) is 0 Å². The van der Waals surface area contributed by atoms with E-state index in [4.69, 9.17) is 0 Å². The first-order valence-electron chi connectivity index (χ1n) is 10.6. The van der Waals surface area contributed by atoms with Gasteiger partial charge < -0.3 is 10.2 Å². The number of benzene rings is 2. The van der Waals surface area contributed by atoms with Gasteiger partial charge in [-0.1, -0.05) is 48.5 Å². The van der Waals surface area contributed by atoms with Crippen LogP contribution >= 0.6 is 11.3 Å². The highest BCUT2D eigenvalue weighted by Gasteiger charge is 2.35. The smallest absolute Gasteiger partial charge is 0.285 e. The Labute approximate surface area is 191 Å². The summed E-state index contributed by atoms with van der Waals surface area (Å²) in [4.78, 5) is 16.5. The van der Waals surface area contributed by atoms with E-state index in [-0.39, 0.29) is 22.8 Å². The number of amides is 1. The summed E-state index contributed by atoms with van der Waals surface area (Å²) in [6.07, 6.45) is 1.30. The molecule has 0 unspecified atom stereocenters. The number of nitrogens with one attached hydrogen (secondary N) is 1. The second-order valence-electron chi connectivity index (χ2n) is 8.02. The molecule has 3 aromatic rings. The zero-order chi connectivity index (χ0) is 22.1. The fourth-order valence-corrected chi connectivity index (χ4v) is 6.38. The third-order valence-electron chi connectivity index (χ3n) is 6.03. The standard InChI is InChI=1S/C24H23N3O3S2/c28-24(25-22(20-10-6-16-31-20)17-7-2-1-3-8-17)18-12-14-27(15-13-18)23-19-9-4-5-11-21(19)32(29,30)26-23/h1-11,16,18,22H,12-15H2,(H,25,28)/t22-/m0/s1. The van der Waals surface area contributed by atoms with Crippen molar-refractivity contribution in [2.75, 3.05) is 13.1 Å². The lowest BCUT2D eigenvalue weighted by molar-refractivity contribution is -0.126. The van der Waals surface area contributed by atoms with Crippen molar-refractivity contribution in [3.63, 3.8) is 0 Å². The molecule has 1 saturated heterocycles. The Morgan fingerprint density at radius 3 is 2.44 bits per heavy atom. The number of likely N-dealkylation sites (tertiary alicyclic amines) is 1. The lowest BCUT2D eigenvalue weighted by Gasteiger charge is -2.33. The van der Waals surface area contributed by atoms with Crippen molar-refractivity contribution in [3.8, 4) is 0 Å². The largest absolute Gasteiger partial charge is 0.355 e. The maximum absolute atomic E-state index is 13.2. The quantitative estimate of drug-likeness (QED) is 0.635. The lowest BCUT2D eigenvalue weighted by Crippen LogP contribution is -2.43. The molecule has 6 nitrogen and oxygen atoms in total. The molecule has 1 amide bonds. The van der Waals surface area contributed by atoms with Crippen LogP contribution in [0.1, 0.15) is 34.9 Å². The summed E-state index contributed by atoms with van der Waals surface area (Å²) < 4.78 is 28.8. The van der Waals surface area contributed by atoms with Crippen molar-refractivity contribution in [3.05, 3.63) is 88.1 Å². The highest BCUT2D eigenvalue weighted by molar-refractivity contribution is 7.90. The number of carbonyl (C=O) groups excluding carboxylic acids is 1. The van der Waals surface area contributed by atoms with Crippen LogP contribution < -0.4 is 5.32 Å². The minimum atomic E-state index is -3.64. The van der Waals surface area contributed by atoms with E-state index < -0.39 is 10.0 Å². The van der Waals surface area contributed by atoms with Crippen LogP contribution in [0.25, 0.3) is 0 Å². The van der Waals surface area contributed by atoms with Crippen molar-refractivity contribution in [2.24, 2.45) is 10.3 Å². The maximum atomic E-state index is 13.2. The van der Waals surface area contributed by atoms with Crippen LogP contribution in [-0.4, -0.2) is 38.2 Å². The van der Waals surface area contributed by atoms with E-state index in [1.54, 1.807) is 29.5 Å². The van der Waals surface area contributed by atoms with Crippen molar-refractivity contribution in [2.45, 2.75) is 23.8 Å². The number of thiophene rings is 1. The molecule has 1 atom stereocenters. The summed E-state index contributed by atoms with van der Waals surface area (Å²) in [5.74, 6) is 0.416. The molecule has 3 heterocycles. The SMILES string of the molecule is O=C(N[C@@H](c1ccccc1)c1cccs1)C1CCN(C2=NS(=O)(=O)c3ccccc32)CC1. The molecule has 0 saturated carbocycles. The molecule has 0 aliphatic carbocycles. The van der Waals surface area contributed by atoms with E-state index in [0.29, 0.717) is 37.3 Å². The normalized spacial score (nSPS) is 18.6. The van der Waals surface area contributed by atoms with Gasteiger partial charge in [0.05, 0.1) is 6.04 Å². The van der Waals surface area contributed by atoms with Gasteiger partial charge in [0.2, 0.25) is 5.91 Å². The van der Waals surface area contributed by atoms with Crippen LogP contribution in [0.3, 0.4) is 0 Å². The number of carbonyl (C=O) groups is 1. The van der Waals surface area contributed by atoms with Gasteiger partial charge in [-0.2, -0.15) is 8.42 Å². The van der Waals surface area contributed by atoms with Gasteiger partial charge in [0.15, 0.2) is 5.84 Å². The topological polar surface area (TPSA) is 78.8 Å². The van der Waals surface area contributed by atoms with Crippen LogP contribution in [0.2, 0.25) is 0 Å². The molecule has 2 aromatic carbocycles. The predicted molar refractivity (Wildman–Crippen MR) is 125 cm³/mol. The average molecular weight is 466 g/mol. The molecule has 0 spiro atoms. The van der Waals surface area contributed by atoms with Crippen LogP contribution in [-0.2, 0) is 14.8 Å². The molecular formula is C24H23N3O3S2. The van der Waals surface area contributed by atoms with Gasteiger partial charge in [-0.15, -0.1) is 15.7 Å². The van der Waals surface area contributed by atoms with Crippen molar-refractivity contribution >= 4 is 33.1 Å². The first-order chi connectivity index (χ1) is 15.5. The lowest BCUT2D eigenvalue weighted by atomic mass is 9.94. The van der Waals surface area contributed by atoms with Gasteiger partial charge in [-0.25, -0.2) is 0 Å². The Kier molecular flexibility index (Phi) is 5.57. The first kappa shape index (κ1) is 20.9. The Morgan fingerprint density at radius 2 is 1.72 bits per heavy atom.